The molecule has 2 heteroatoms. The molecule has 0 fully saturated rings. The molecule has 0 aromatic heterocycles. The largest absolute Gasteiger partial charge is 0.308 e. The average molecular weight is 228 g/mol. The van der Waals surface area contributed by atoms with Crippen LogP contribution in [0, 0.1) is 22.7 Å². The molecule has 1 aliphatic rings. The van der Waals surface area contributed by atoms with Crippen molar-refractivity contribution in [3.63, 3.8) is 0 Å². The van der Waals surface area contributed by atoms with Gasteiger partial charge in [0.2, 0.25) is 0 Å². The number of hydrogen-bond donors (Lipinski definition) is 1. The maximum Gasteiger partial charge on any atom is 0.0666 e. The van der Waals surface area contributed by atoms with Gasteiger partial charge in [0.25, 0.3) is 0 Å². The lowest BCUT2D eigenvalue weighted by Gasteiger charge is -2.29. The van der Waals surface area contributed by atoms with E-state index in [1.54, 1.807) is 0 Å². The fourth-order valence-electron chi connectivity index (χ4n) is 2.72. The van der Waals surface area contributed by atoms with Crippen LogP contribution in [0.15, 0.2) is 24.3 Å². The van der Waals surface area contributed by atoms with Crippen LogP contribution in [0.25, 0.3) is 0 Å². The van der Waals surface area contributed by atoms with Crippen molar-refractivity contribution in [3.8, 4) is 6.07 Å². The van der Waals surface area contributed by atoms with E-state index in [0.717, 1.165) is 13.0 Å². The number of fused-ring (bicyclic) bond motifs is 1. The number of rotatable bonds is 3. The second-order valence-electron chi connectivity index (χ2n) is 5.74. The van der Waals surface area contributed by atoms with Crippen LogP contribution in [0.4, 0.5) is 0 Å². The molecule has 0 spiro atoms. The summed E-state index contributed by atoms with van der Waals surface area (Å²) in [6.07, 6.45) is 1.11. The Balaban J connectivity index is 2.18. The van der Waals surface area contributed by atoms with Gasteiger partial charge >= 0.3 is 0 Å². The monoisotopic (exact) mass is 228 g/mol. The molecule has 90 valence electrons. The van der Waals surface area contributed by atoms with Gasteiger partial charge in [-0.15, -0.1) is 0 Å². The van der Waals surface area contributed by atoms with Gasteiger partial charge in [-0.25, -0.2) is 0 Å². The summed E-state index contributed by atoms with van der Waals surface area (Å²) in [6, 6.07) is 11.3. The number of benzene rings is 1. The zero-order valence-electron chi connectivity index (χ0n) is 10.8. The van der Waals surface area contributed by atoms with E-state index in [-0.39, 0.29) is 11.3 Å². The van der Waals surface area contributed by atoms with Gasteiger partial charge in [0.05, 0.1) is 12.0 Å². The molecule has 2 atom stereocenters. The van der Waals surface area contributed by atoms with Gasteiger partial charge in [0, 0.05) is 12.6 Å². The van der Waals surface area contributed by atoms with E-state index in [2.05, 4.69) is 49.5 Å². The zero-order valence-corrected chi connectivity index (χ0v) is 10.8. The Hall–Kier alpha value is -1.33. The molecule has 1 N–H and O–H groups in total. The molecule has 0 heterocycles. The van der Waals surface area contributed by atoms with E-state index in [4.69, 9.17) is 5.26 Å². The van der Waals surface area contributed by atoms with E-state index in [1.165, 1.54) is 11.1 Å². The fourth-order valence-corrected chi connectivity index (χ4v) is 2.72. The minimum absolute atomic E-state index is 0.0681. The molecule has 0 saturated heterocycles. The van der Waals surface area contributed by atoms with Crippen LogP contribution in [0.2, 0.25) is 0 Å². The summed E-state index contributed by atoms with van der Waals surface area (Å²) in [5.41, 5.74) is 3.08. The third kappa shape index (κ3) is 2.35. The standard InChI is InChI=1S/C15H20N2/c1-11(9-16)10-17-14-13-7-5-4-6-12(13)8-15(14,2)3/h4-7,11,14,17H,8,10H2,1-3H3. The lowest BCUT2D eigenvalue weighted by atomic mass is 9.85. The van der Waals surface area contributed by atoms with Crippen molar-refractivity contribution in [2.75, 3.05) is 6.54 Å². The lowest BCUT2D eigenvalue weighted by molar-refractivity contribution is 0.265. The molecule has 0 amide bonds. The Morgan fingerprint density at radius 1 is 1.47 bits per heavy atom. The molecule has 1 aromatic rings. The number of nitrogens with one attached hydrogen (secondary N) is 1. The van der Waals surface area contributed by atoms with E-state index >= 15 is 0 Å². The van der Waals surface area contributed by atoms with Crippen LogP contribution < -0.4 is 5.32 Å². The quantitative estimate of drug-likeness (QED) is 0.863. The average Bonchev–Trinajstić information content (AvgIpc) is 2.56. The summed E-state index contributed by atoms with van der Waals surface area (Å²) >= 11 is 0. The third-order valence-corrected chi connectivity index (χ3v) is 3.64. The minimum atomic E-state index is 0.0681. The zero-order chi connectivity index (χ0) is 12.5. The molecular formula is C15H20N2. The van der Waals surface area contributed by atoms with Crippen LogP contribution >= 0.6 is 0 Å². The summed E-state index contributed by atoms with van der Waals surface area (Å²) < 4.78 is 0. The minimum Gasteiger partial charge on any atom is -0.308 e. The van der Waals surface area contributed by atoms with Gasteiger partial charge in [-0.05, 0) is 29.9 Å². The van der Waals surface area contributed by atoms with Gasteiger partial charge in [0.15, 0.2) is 0 Å². The van der Waals surface area contributed by atoms with Gasteiger partial charge in [-0.2, -0.15) is 5.26 Å². The first kappa shape index (κ1) is 12.1. The number of hydrogen-bond acceptors (Lipinski definition) is 2. The molecule has 2 unspecified atom stereocenters. The fraction of sp³-hybridized carbons (Fsp3) is 0.533. The third-order valence-electron chi connectivity index (χ3n) is 3.64. The first-order valence-electron chi connectivity index (χ1n) is 6.25. The summed E-state index contributed by atoms with van der Waals surface area (Å²) in [4.78, 5) is 0. The lowest BCUT2D eigenvalue weighted by Crippen LogP contribution is -2.33. The maximum absolute atomic E-state index is 8.84. The maximum atomic E-state index is 8.84. The first-order chi connectivity index (χ1) is 8.04. The van der Waals surface area contributed by atoms with E-state index < -0.39 is 0 Å². The van der Waals surface area contributed by atoms with Gasteiger partial charge in [-0.1, -0.05) is 38.1 Å². The van der Waals surface area contributed by atoms with Crippen molar-refractivity contribution in [1.29, 1.82) is 5.26 Å². The molecule has 17 heavy (non-hydrogen) atoms. The van der Waals surface area contributed by atoms with Crippen LogP contribution in [-0.2, 0) is 6.42 Å². The molecule has 0 bridgehead atoms. The second-order valence-corrected chi connectivity index (χ2v) is 5.74. The topological polar surface area (TPSA) is 35.8 Å². The molecule has 2 rings (SSSR count). The Kier molecular flexibility index (Phi) is 3.22. The molecule has 0 saturated carbocycles. The Morgan fingerprint density at radius 3 is 2.88 bits per heavy atom. The van der Waals surface area contributed by atoms with E-state index in [0.29, 0.717) is 6.04 Å². The summed E-state index contributed by atoms with van der Waals surface area (Å²) in [5, 5.41) is 12.4. The SMILES string of the molecule is CC(C#N)CNC1c2ccccc2CC1(C)C. The molecule has 0 aliphatic heterocycles. The summed E-state index contributed by atoms with van der Waals surface area (Å²) in [7, 11) is 0. The van der Waals surface area contributed by atoms with Crippen molar-refractivity contribution in [2.45, 2.75) is 33.2 Å². The van der Waals surface area contributed by atoms with Crippen LogP contribution in [0.5, 0.6) is 0 Å². The molecular weight excluding hydrogens is 208 g/mol. The summed E-state index contributed by atoms with van der Waals surface area (Å²) in [6.45, 7) is 7.31. The highest BCUT2D eigenvalue weighted by molar-refractivity contribution is 5.37. The summed E-state index contributed by atoms with van der Waals surface area (Å²) in [5.74, 6) is 0.0681. The molecule has 0 radical (unpaired) electrons. The van der Waals surface area contributed by atoms with Crippen molar-refractivity contribution in [2.24, 2.45) is 11.3 Å². The van der Waals surface area contributed by atoms with E-state index in [9.17, 15) is 0 Å². The van der Waals surface area contributed by atoms with Crippen molar-refractivity contribution in [1.82, 2.24) is 5.32 Å². The molecule has 1 aliphatic carbocycles. The Morgan fingerprint density at radius 2 is 2.18 bits per heavy atom. The van der Waals surface area contributed by atoms with Crippen molar-refractivity contribution >= 4 is 0 Å². The van der Waals surface area contributed by atoms with Crippen LogP contribution in [0.3, 0.4) is 0 Å². The highest BCUT2D eigenvalue weighted by Gasteiger charge is 2.38. The molecule has 1 aromatic carbocycles. The predicted molar refractivity (Wildman–Crippen MR) is 69.4 cm³/mol. The van der Waals surface area contributed by atoms with Gasteiger partial charge in [-0.3, -0.25) is 0 Å². The predicted octanol–water partition coefficient (Wildman–Crippen LogP) is 3.06. The van der Waals surface area contributed by atoms with Crippen LogP contribution in [-0.4, -0.2) is 6.54 Å². The Bertz CT molecular complexity index is 442. The highest BCUT2D eigenvalue weighted by Crippen LogP contribution is 2.44. The van der Waals surface area contributed by atoms with E-state index in [1.807, 2.05) is 6.92 Å². The van der Waals surface area contributed by atoms with Gasteiger partial charge in [0.1, 0.15) is 0 Å². The Labute approximate surface area is 104 Å². The highest BCUT2D eigenvalue weighted by atomic mass is 14.9. The second kappa shape index (κ2) is 4.50. The number of nitrogens with zero attached hydrogens (tertiary/aromatic N) is 1. The number of nitriles is 1. The van der Waals surface area contributed by atoms with Crippen molar-refractivity contribution in [3.05, 3.63) is 35.4 Å². The molecule has 2 nitrogen and oxygen atoms in total. The first-order valence-corrected chi connectivity index (χ1v) is 6.25. The van der Waals surface area contributed by atoms with Gasteiger partial charge < -0.3 is 5.32 Å². The normalized spacial score (nSPS) is 22.8. The van der Waals surface area contributed by atoms with Crippen LogP contribution in [0.1, 0.15) is 37.9 Å². The van der Waals surface area contributed by atoms with Crippen molar-refractivity contribution < 1.29 is 0 Å². The smallest absolute Gasteiger partial charge is 0.0666 e.